The number of nitrogens with zero attached hydrogens (tertiary/aromatic N) is 2. The van der Waals surface area contributed by atoms with Gasteiger partial charge in [-0.1, -0.05) is 17.7 Å². The Hall–Kier alpha value is -0.640. The number of hydrogen-bond acceptors (Lipinski definition) is 3. The normalized spacial score (nSPS) is 26.9. The summed E-state index contributed by atoms with van der Waals surface area (Å²) < 4.78 is 5.60. The summed E-state index contributed by atoms with van der Waals surface area (Å²) in [7, 11) is 0. The van der Waals surface area contributed by atoms with E-state index < -0.39 is 0 Å². The van der Waals surface area contributed by atoms with Gasteiger partial charge in [-0.15, -0.1) is 0 Å². The minimum atomic E-state index is 0.316. The Morgan fingerprint density at radius 3 is 3.00 bits per heavy atom. The average molecular weight is 241 g/mol. The molecule has 16 heavy (non-hydrogen) atoms. The van der Waals surface area contributed by atoms with E-state index in [2.05, 4.69) is 23.7 Å². The molecule has 0 aromatic carbocycles. The molecule has 88 valence electrons. The summed E-state index contributed by atoms with van der Waals surface area (Å²) in [4.78, 5) is 6.51. The first kappa shape index (κ1) is 11.8. The van der Waals surface area contributed by atoms with Crippen molar-refractivity contribution < 1.29 is 4.74 Å². The number of ether oxygens (including phenoxy) is 1. The molecule has 0 N–H and O–H groups in total. The predicted molar refractivity (Wildman–Crippen MR) is 64.5 cm³/mol. The molecule has 0 spiro atoms. The molecule has 0 amide bonds. The minimum absolute atomic E-state index is 0.316. The quantitative estimate of drug-likeness (QED) is 0.742. The van der Waals surface area contributed by atoms with E-state index in [0.717, 1.165) is 19.7 Å². The number of halogens is 1. The summed E-state index contributed by atoms with van der Waals surface area (Å²) >= 11 is 5.76. The van der Waals surface area contributed by atoms with Crippen molar-refractivity contribution in [3.05, 3.63) is 29.0 Å². The van der Waals surface area contributed by atoms with Gasteiger partial charge in [0.2, 0.25) is 0 Å². The van der Waals surface area contributed by atoms with Crippen molar-refractivity contribution in [2.24, 2.45) is 0 Å². The molecule has 2 atom stereocenters. The fraction of sp³-hybridized carbons (Fsp3) is 0.583. The lowest BCUT2D eigenvalue weighted by Crippen LogP contribution is -2.46. The first-order valence-electron chi connectivity index (χ1n) is 5.61. The van der Waals surface area contributed by atoms with E-state index in [4.69, 9.17) is 16.3 Å². The number of morpholine rings is 1. The van der Waals surface area contributed by atoms with E-state index in [1.807, 2.05) is 18.3 Å². The number of hydrogen-bond donors (Lipinski definition) is 0. The molecule has 0 aliphatic carbocycles. The molecule has 3 nitrogen and oxygen atoms in total. The van der Waals surface area contributed by atoms with Crippen molar-refractivity contribution in [1.29, 1.82) is 0 Å². The van der Waals surface area contributed by atoms with Gasteiger partial charge in [0.05, 0.1) is 12.7 Å². The molecule has 1 aliphatic rings. The van der Waals surface area contributed by atoms with E-state index in [1.54, 1.807) is 0 Å². The second-order valence-corrected chi connectivity index (χ2v) is 4.80. The van der Waals surface area contributed by atoms with Gasteiger partial charge in [-0.25, -0.2) is 4.98 Å². The third-order valence-corrected chi connectivity index (χ3v) is 3.13. The highest BCUT2D eigenvalue weighted by atomic mass is 35.5. The van der Waals surface area contributed by atoms with Crippen molar-refractivity contribution >= 4 is 11.6 Å². The third-order valence-electron chi connectivity index (χ3n) is 2.91. The van der Waals surface area contributed by atoms with Crippen LogP contribution >= 0.6 is 11.6 Å². The Morgan fingerprint density at radius 1 is 1.50 bits per heavy atom. The molecule has 4 heteroatoms. The topological polar surface area (TPSA) is 25.4 Å². The molecular formula is C12H17ClN2O. The maximum Gasteiger partial charge on any atom is 0.129 e. The molecule has 1 aliphatic heterocycles. The lowest BCUT2D eigenvalue weighted by molar-refractivity contribution is -0.0527. The Morgan fingerprint density at radius 2 is 2.31 bits per heavy atom. The van der Waals surface area contributed by atoms with Gasteiger partial charge in [-0.2, -0.15) is 0 Å². The van der Waals surface area contributed by atoms with Crippen LogP contribution in [0, 0.1) is 0 Å². The van der Waals surface area contributed by atoms with Crippen molar-refractivity contribution in [3.8, 4) is 0 Å². The van der Waals surface area contributed by atoms with Crippen LogP contribution in [0.5, 0.6) is 0 Å². The molecule has 1 fully saturated rings. The summed E-state index contributed by atoms with van der Waals surface area (Å²) in [5.41, 5.74) is 1.20. The van der Waals surface area contributed by atoms with Gasteiger partial charge in [-0.3, -0.25) is 4.90 Å². The van der Waals surface area contributed by atoms with Crippen LogP contribution in [-0.2, 0) is 11.3 Å². The van der Waals surface area contributed by atoms with Crippen LogP contribution in [0.3, 0.4) is 0 Å². The van der Waals surface area contributed by atoms with Gasteiger partial charge in [-0.05, 0) is 25.5 Å². The molecule has 0 saturated carbocycles. The van der Waals surface area contributed by atoms with Crippen molar-refractivity contribution in [2.75, 3.05) is 13.2 Å². The maximum absolute atomic E-state index is 5.76. The minimum Gasteiger partial charge on any atom is -0.376 e. The molecule has 0 radical (unpaired) electrons. The van der Waals surface area contributed by atoms with Crippen molar-refractivity contribution in [1.82, 2.24) is 9.88 Å². The number of pyridine rings is 1. The van der Waals surface area contributed by atoms with E-state index in [0.29, 0.717) is 17.3 Å². The smallest absolute Gasteiger partial charge is 0.129 e. The number of aromatic nitrogens is 1. The largest absolute Gasteiger partial charge is 0.376 e. The van der Waals surface area contributed by atoms with E-state index in [9.17, 15) is 0 Å². The first-order valence-corrected chi connectivity index (χ1v) is 5.99. The first-order chi connectivity index (χ1) is 7.65. The Bertz CT molecular complexity index is 341. The summed E-state index contributed by atoms with van der Waals surface area (Å²) in [6.45, 7) is 7.00. The second kappa shape index (κ2) is 5.13. The van der Waals surface area contributed by atoms with Gasteiger partial charge >= 0.3 is 0 Å². The van der Waals surface area contributed by atoms with E-state index in [1.165, 1.54) is 5.56 Å². The Kier molecular flexibility index (Phi) is 3.79. The highest BCUT2D eigenvalue weighted by molar-refractivity contribution is 6.29. The lowest BCUT2D eigenvalue weighted by atomic mass is 10.1. The molecule has 1 aromatic rings. The average Bonchev–Trinajstić information content (AvgIpc) is 2.27. The Labute approximate surface area is 101 Å². The van der Waals surface area contributed by atoms with Crippen LogP contribution in [0.1, 0.15) is 19.4 Å². The zero-order chi connectivity index (χ0) is 11.5. The van der Waals surface area contributed by atoms with Crippen molar-refractivity contribution in [2.45, 2.75) is 32.5 Å². The van der Waals surface area contributed by atoms with E-state index >= 15 is 0 Å². The molecule has 2 heterocycles. The molecule has 2 unspecified atom stereocenters. The molecule has 2 rings (SSSR count). The van der Waals surface area contributed by atoms with Crippen LogP contribution in [-0.4, -0.2) is 35.2 Å². The lowest BCUT2D eigenvalue weighted by Gasteiger charge is -2.36. The van der Waals surface area contributed by atoms with Crippen LogP contribution < -0.4 is 0 Å². The zero-order valence-corrected chi connectivity index (χ0v) is 10.4. The maximum atomic E-state index is 5.76. The van der Waals surface area contributed by atoms with Gasteiger partial charge in [0, 0.05) is 25.3 Å². The summed E-state index contributed by atoms with van der Waals surface area (Å²) in [5.74, 6) is 0. The third kappa shape index (κ3) is 2.94. The predicted octanol–water partition coefficient (Wildman–Crippen LogP) is 2.34. The molecular weight excluding hydrogens is 224 g/mol. The highest BCUT2D eigenvalue weighted by Crippen LogP contribution is 2.15. The molecule has 1 saturated heterocycles. The summed E-state index contributed by atoms with van der Waals surface area (Å²) in [6, 6.07) is 4.33. The van der Waals surface area contributed by atoms with Crippen LogP contribution in [0.15, 0.2) is 18.3 Å². The summed E-state index contributed by atoms with van der Waals surface area (Å²) in [5, 5.41) is 0.548. The van der Waals surface area contributed by atoms with Crippen molar-refractivity contribution in [3.63, 3.8) is 0 Å². The number of rotatable bonds is 2. The SMILES string of the molecule is CC1CN(Cc2ccc(Cl)nc2)C(C)CO1. The molecule has 1 aromatic heterocycles. The standard InChI is InChI=1S/C12H17ClN2O/c1-9-8-16-10(2)6-15(9)7-11-3-4-12(13)14-5-11/h3-5,9-10H,6-8H2,1-2H3. The highest BCUT2D eigenvalue weighted by Gasteiger charge is 2.23. The van der Waals surface area contributed by atoms with Gasteiger partial charge in [0.25, 0.3) is 0 Å². The van der Waals surface area contributed by atoms with Gasteiger partial charge < -0.3 is 4.74 Å². The van der Waals surface area contributed by atoms with Crippen LogP contribution in [0.25, 0.3) is 0 Å². The van der Waals surface area contributed by atoms with Crippen LogP contribution in [0.2, 0.25) is 5.15 Å². The Balaban J connectivity index is 2.00. The monoisotopic (exact) mass is 240 g/mol. The van der Waals surface area contributed by atoms with Crippen LogP contribution in [0.4, 0.5) is 0 Å². The fourth-order valence-electron chi connectivity index (χ4n) is 1.93. The van der Waals surface area contributed by atoms with E-state index in [-0.39, 0.29) is 0 Å². The zero-order valence-electron chi connectivity index (χ0n) is 9.69. The second-order valence-electron chi connectivity index (χ2n) is 4.41. The fourth-order valence-corrected chi connectivity index (χ4v) is 2.04. The van der Waals surface area contributed by atoms with Gasteiger partial charge in [0.1, 0.15) is 5.15 Å². The summed E-state index contributed by atoms with van der Waals surface area (Å²) in [6.07, 6.45) is 2.16. The molecule has 0 bridgehead atoms. The van der Waals surface area contributed by atoms with Gasteiger partial charge in [0.15, 0.2) is 0 Å².